The van der Waals surface area contributed by atoms with Crippen molar-refractivity contribution in [2.45, 2.75) is 12.7 Å². The highest BCUT2D eigenvalue weighted by Gasteiger charge is 2.46. The fourth-order valence-electron chi connectivity index (χ4n) is 3.40. The minimum atomic E-state index is -1.27. The van der Waals surface area contributed by atoms with Gasteiger partial charge in [0.2, 0.25) is 0 Å². The summed E-state index contributed by atoms with van der Waals surface area (Å²) in [5, 5.41) is 0. The zero-order chi connectivity index (χ0) is 21.1. The van der Waals surface area contributed by atoms with Crippen molar-refractivity contribution in [3.63, 3.8) is 0 Å². The van der Waals surface area contributed by atoms with Crippen LogP contribution in [0.3, 0.4) is 0 Å². The molecule has 1 aliphatic rings. The smallest absolute Gasteiger partial charge is 0.338 e. The molecule has 30 heavy (non-hydrogen) atoms. The number of benzene rings is 3. The molecule has 0 aliphatic carbocycles. The van der Waals surface area contributed by atoms with E-state index in [0.29, 0.717) is 35.2 Å². The molecule has 3 aromatic carbocycles. The normalized spacial score (nSPS) is 13.6. The number of methoxy groups -OCH3 is 2. The first-order chi connectivity index (χ1) is 14.6. The number of carbonyl (C=O) groups excluding carboxylic acids is 1. The van der Waals surface area contributed by atoms with Crippen molar-refractivity contribution in [3.05, 3.63) is 83.4 Å². The van der Waals surface area contributed by atoms with Gasteiger partial charge in [0, 0.05) is 11.1 Å². The van der Waals surface area contributed by atoms with Gasteiger partial charge in [-0.2, -0.15) is 0 Å². The van der Waals surface area contributed by atoms with Crippen molar-refractivity contribution in [3.8, 4) is 23.0 Å². The Morgan fingerprint density at radius 2 is 1.43 bits per heavy atom. The standard InChI is InChI=1S/C24H22O6/c1-4-28-23(25)16-11-12-21-22(13-16)30-24(29-21,17-7-5-9-19(14-17)26-2)18-8-6-10-20(15-18)27-3/h5-15H,4H2,1-3H3. The van der Waals surface area contributed by atoms with Gasteiger partial charge >= 0.3 is 11.8 Å². The summed E-state index contributed by atoms with van der Waals surface area (Å²) in [4.78, 5) is 12.2. The number of rotatable bonds is 6. The van der Waals surface area contributed by atoms with Gasteiger partial charge in [-0.05, 0) is 49.4 Å². The first-order valence-electron chi connectivity index (χ1n) is 9.58. The highest BCUT2D eigenvalue weighted by atomic mass is 16.7. The second-order valence-electron chi connectivity index (χ2n) is 6.67. The maximum absolute atomic E-state index is 12.2. The zero-order valence-corrected chi connectivity index (χ0v) is 17.0. The minimum absolute atomic E-state index is 0.296. The molecule has 1 aliphatic heterocycles. The lowest BCUT2D eigenvalue weighted by Gasteiger charge is -2.29. The van der Waals surface area contributed by atoms with Gasteiger partial charge in [-0.15, -0.1) is 0 Å². The van der Waals surface area contributed by atoms with Gasteiger partial charge in [0.05, 0.1) is 26.4 Å². The van der Waals surface area contributed by atoms with Crippen LogP contribution in [0.25, 0.3) is 0 Å². The molecule has 0 spiro atoms. The number of hydrogen-bond donors (Lipinski definition) is 0. The number of esters is 1. The number of ether oxygens (including phenoxy) is 5. The highest BCUT2D eigenvalue weighted by molar-refractivity contribution is 5.90. The van der Waals surface area contributed by atoms with Gasteiger partial charge < -0.3 is 23.7 Å². The van der Waals surface area contributed by atoms with E-state index >= 15 is 0 Å². The lowest BCUT2D eigenvalue weighted by Crippen LogP contribution is -2.36. The first kappa shape index (κ1) is 19.6. The molecule has 0 bridgehead atoms. The second-order valence-corrected chi connectivity index (χ2v) is 6.67. The summed E-state index contributed by atoms with van der Waals surface area (Å²) in [5.74, 6) is 0.637. The molecule has 0 aromatic heterocycles. The van der Waals surface area contributed by atoms with E-state index in [4.69, 9.17) is 23.7 Å². The second kappa shape index (κ2) is 7.99. The van der Waals surface area contributed by atoms with Crippen molar-refractivity contribution in [2.75, 3.05) is 20.8 Å². The third-order valence-electron chi connectivity index (χ3n) is 4.86. The van der Waals surface area contributed by atoms with Crippen molar-refractivity contribution in [1.29, 1.82) is 0 Å². The van der Waals surface area contributed by atoms with E-state index in [0.717, 1.165) is 11.1 Å². The Bertz CT molecular complexity index is 1030. The average molecular weight is 406 g/mol. The maximum atomic E-state index is 12.2. The maximum Gasteiger partial charge on any atom is 0.338 e. The minimum Gasteiger partial charge on any atom is -0.497 e. The Balaban J connectivity index is 1.83. The van der Waals surface area contributed by atoms with Crippen molar-refractivity contribution >= 4 is 5.97 Å². The molecule has 6 heteroatoms. The molecule has 0 unspecified atom stereocenters. The van der Waals surface area contributed by atoms with Crippen LogP contribution in [0.1, 0.15) is 28.4 Å². The largest absolute Gasteiger partial charge is 0.497 e. The lowest BCUT2D eigenvalue weighted by atomic mass is 9.96. The molecular formula is C24H22O6. The SMILES string of the molecule is CCOC(=O)c1ccc2c(c1)OC(c1cccc(OC)c1)(c1cccc(OC)c1)O2. The van der Waals surface area contributed by atoms with Gasteiger partial charge in [0.1, 0.15) is 11.5 Å². The first-order valence-corrected chi connectivity index (χ1v) is 9.58. The molecule has 0 fully saturated rings. The van der Waals surface area contributed by atoms with Crippen LogP contribution in [-0.2, 0) is 10.5 Å². The molecule has 0 radical (unpaired) electrons. The quantitative estimate of drug-likeness (QED) is 0.560. The van der Waals surface area contributed by atoms with E-state index in [1.54, 1.807) is 39.3 Å². The topological polar surface area (TPSA) is 63.2 Å². The predicted molar refractivity (Wildman–Crippen MR) is 110 cm³/mol. The Labute approximate surface area is 174 Å². The Morgan fingerprint density at radius 1 is 0.833 bits per heavy atom. The van der Waals surface area contributed by atoms with E-state index in [1.807, 2.05) is 48.5 Å². The zero-order valence-electron chi connectivity index (χ0n) is 17.0. The van der Waals surface area contributed by atoms with Crippen LogP contribution in [0.4, 0.5) is 0 Å². The Kier molecular flexibility index (Phi) is 5.23. The molecule has 0 saturated carbocycles. The molecule has 154 valence electrons. The van der Waals surface area contributed by atoms with Gasteiger partial charge in [-0.1, -0.05) is 24.3 Å². The third-order valence-corrected chi connectivity index (χ3v) is 4.86. The lowest BCUT2D eigenvalue weighted by molar-refractivity contribution is -0.0462. The third kappa shape index (κ3) is 3.41. The molecule has 0 amide bonds. The van der Waals surface area contributed by atoms with Gasteiger partial charge in [-0.3, -0.25) is 0 Å². The number of carbonyl (C=O) groups is 1. The number of fused-ring (bicyclic) bond motifs is 1. The van der Waals surface area contributed by atoms with Crippen LogP contribution in [-0.4, -0.2) is 26.8 Å². The molecule has 3 aromatic rings. The van der Waals surface area contributed by atoms with Gasteiger partial charge in [-0.25, -0.2) is 4.79 Å². The van der Waals surface area contributed by atoms with Crippen LogP contribution in [0, 0.1) is 0 Å². The summed E-state index contributed by atoms with van der Waals surface area (Å²) in [6, 6.07) is 20.0. The Hall–Kier alpha value is -3.67. The molecule has 0 saturated heterocycles. The summed E-state index contributed by atoms with van der Waals surface area (Å²) in [6.45, 7) is 2.06. The van der Waals surface area contributed by atoms with E-state index in [2.05, 4.69) is 0 Å². The van der Waals surface area contributed by atoms with E-state index in [9.17, 15) is 4.79 Å². The molecule has 0 atom stereocenters. The fraction of sp³-hybridized carbons (Fsp3) is 0.208. The van der Waals surface area contributed by atoms with E-state index < -0.39 is 11.8 Å². The van der Waals surface area contributed by atoms with Crippen molar-refractivity contribution < 1.29 is 28.5 Å². The van der Waals surface area contributed by atoms with E-state index in [-0.39, 0.29) is 0 Å². The summed E-state index contributed by atoms with van der Waals surface area (Å²) >= 11 is 0. The molecule has 6 nitrogen and oxygen atoms in total. The van der Waals surface area contributed by atoms with E-state index in [1.165, 1.54) is 0 Å². The Morgan fingerprint density at radius 3 is 2.00 bits per heavy atom. The van der Waals surface area contributed by atoms with Crippen LogP contribution in [0.5, 0.6) is 23.0 Å². The summed E-state index contributed by atoms with van der Waals surface area (Å²) in [7, 11) is 3.21. The van der Waals surface area contributed by atoms with Crippen molar-refractivity contribution in [1.82, 2.24) is 0 Å². The monoisotopic (exact) mass is 406 g/mol. The summed E-state index contributed by atoms with van der Waals surface area (Å²) in [6.07, 6.45) is 0. The summed E-state index contributed by atoms with van der Waals surface area (Å²) < 4.78 is 28.7. The van der Waals surface area contributed by atoms with Crippen molar-refractivity contribution in [2.24, 2.45) is 0 Å². The van der Waals surface area contributed by atoms with Crippen LogP contribution in [0.2, 0.25) is 0 Å². The summed E-state index contributed by atoms with van der Waals surface area (Å²) in [5.41, 5.74) is 1.87. The number of hydrogen-bond acceptors (Lipinski definition) is 6. The molecular weight excluding hydrogens is 384 g/mol. The highest BCUT2D eigenvalue weighted by Crippen LogP contribution is 2.48. The van der Waals surface area contributed by atoms with Crippen LogP contribution < -0.4 is 18.9 Å². The molecule has 1 heterocycles. The average Bonchev–Trinajstić information content (AvgIpc) is 3.19. The predicted octanol–water partition coefficient (Wildman–Crippen LogP) is 4.55. The molecule has 4 rings (SSSR count). The van der Waals surface area contributed by atoms with Gasteiger partial charge in [0.25, 0.3) is 0 Å². The van der Waals surface area contributed by atoms with Crippen LogP contribution in [0.15, 0.2) is 66.7 Å². The van der Waals surface area contributed by atoms with Crippen LogP contribution >= 0.6 is 0 Å². The fourth-order valence-corrected chi connectivity index (χ4v) is 3.40. The molecule has 0 N–H and O–H groups in total. The van der Waals surface area contributed by atoms with Gasteiger partial charge in [0.15, 0.2) is 11.5 Å².